The summed E-state index contributed by atoms with van der Waals surface area (Å²) in [5.41, 5.74) is 0.290. The Hall–Kier alpha value is -2.26. The average Bonchev–Trinajstić information content (AvgIpc) is 2.72. The standard InChI is InChI=1S/C20H25NO10P2/c1-13(2)28-19(22)29-17-8-7-15(27-3)10-16(17)18-30-32(4,24)20(23,33(25,26)31-18)11-14-6-5-9-21-12-14/h5-10,12-13,18,23H,11H2,1-4H3,(H,25,26). The molecule has 0 bridgehead atoms. The SMILES string of the molecule is COc1ccc(OC(=O)OC(C)C)c(C2OP(C)(=O)C(O)(Cc3cccnc3)P(=O)(O)O2)c1. The number of benzene rings is 1. The van der Waals surface area contributed by atoms with E-state index < -0.39 is 45.0 Å². The van der Waals surface area contributed by atoms with E-state index in [0.717, 1.165) is 6.66 Å². The first-order valence-electron chi connectivity index (χ1n) is 9.83. The van der Waals surface area contributed by atoms with Crippen molar-refractivity contribution in [3.05, 3.63) is 53.9 Å². The van der Waals surface area contributed by atoms with Gasteiger partial charge in [-0.25, -0.2) is 4.79 Å². The summed E-state index contributed by atoms with van der Waals surface area (Å²) >= 11 is 0. The number of ether oxygens (including phenoxy) is 3. The molecule has 4 unspecified atom stereocenters. The van der Waals surface area contributed by atoms with Crippen molar-refractivity contribution in [2.45, 2.75) is 37.7 Å². The van der Waals surface area contributed by atoms with Crippen molar-refractivity contribution in [2.75, 3.05) is 13.8 Å². The van der Waals surface area contributed by atoms with Gasteiger partial charge in [0, 0.05) is 25.5 Å². The normalized spacial score (nSPS) is 29.5. The number of hydrogen-bond donors (Lipinski definition) is 2. The molecule has 11 nitrogen and oxygen atoms in total. The Morgan fingerprint density at radius 1 is 1.27 bits per heavy atom. The largest absolute Gasteiger partial charge is 0.514 e. The molecule has 33 heavy (non-hydrogen) atoms. The molecule has 0 spiro atoms. The molecular formula is C20H25NO10P2. The molecule has 1 fully saturated rings. The molecule has 0 saturated carbocycles. The van der Waals surface area contributed by atoms with Gasteiger partial charge in [-0.05, 0) is 43.7 Å². The predicted molar refractivity (Wildman–Crippen MR) is 116 cm³/mol. The minimum absolute atomic E-state index is 0.0603. The third kappa shape index (κ3) is 5.30. The number of carbonyl (C=O) groups excluding carboxylic acids is 1. The first-order valence-corrected chi connectivity index (χ1v) is 13.5. The highest BCUT2D eigenvalue weighted by atomic mass is 31.2. The lowest BCUT2D eigenvalue weighted by Gasteiger charge is -2.43. The van der Waals surface area contributed by atoms with Gasteiger partial charge in [0.05, 0.1) is 18.8 Å². The van der Waals surface area contributed by atoms with Crippen LogP contribution in [0.5, 0.6) is 11.5 Å². The van der Waals surface area contributed by atoms with Gasteiger partial charge in [0.2, 0.25) is 18.7 Å². The Morgan fingerprint density at radius 3 is 2.58 bits per heavy atom. The van der Waals surface area contributed by atoms with Gasteiger partial charge in [0.25, 0.3) is 0 Å². The van der Waals surface area contributed by atoms with Gasteiger partial charge in [-0.3, -0.25) is 23.2 Å². The van der Waals surface area contributed by atoms with Crippen LogP contribution in [-0.4, -0.2) is 46.1 Å². The number of hydrogen-bond acceptors (Lipinski definition) is 10. The maximum absolute atomic E-state index is 13.5. The first kappa shape index (κ1) is 25.4. The maximum atomic E-state index is 13.5. The summed E-state index contributed by atoms with van der Waals surface area (Å²) < 4.78 is 52.7. The van der Waals surface area contributed by atoms with E-state index in [4.69, 9.17) is 23.3 Å². The van der Waals surface area contributed by atoms with Crippen LogP contribution in [0.2, 0.25) is 0 Å². The van der Waals surface area contributed by atoms with Crippen molar-refractivity contribution in [3.8, 4) is 11.5 Å². The number of aromatic nitrogens is 1. The van der Waals surface area contributed by atoms with Crippen molar-refractivity contribution in [1.29, 1.82) is 0 Å². The molecule has 1 aliphatic rings. The van der Waals surface area contributed by atoms with Gasteiger partial charge in [-0.1, -0.05) is 6.07 Å². The Morgan fingerprint density at radius 2 is 2.00 bits per heavy atom. The van der Waals surface area contributed by atoms with Crippen LogP contribution < -0.4 is 9.47 Å². The maximum Gasteiger partial charge on any atom is 0.514 e. The first-order chi connectivity index (χ1) is 15.4. The second-order valence-corrected chi connectivity index (χ2v) is 12.6. The van der Waals surface area contributed by atoms with E-state index in [1.54, 1.807) is 26.0 Å². The molecule has 13 heteroatoms. The van der Waals surface area contributed by atoms with E-state index in [-0.39, 0.29) is 17.1 Å². The minimum atomic E-state index is -4.99. The third-order valence-corrected chi connectivity index (χ3v) is 10.2. The molecule has 2 heterocycles. The average molecular weight is 501 g/mol. The molecule has 0 aliphatic carbocycles. The highest BCUT2D eigenvalue weighted by Gasteiger charge is 2.65. The summed E-state index contributed by atoms with van der Waals surface area (Å²) in [6.45, 7) is 4.29. The molecule has 1 saturated heterocycles. The van der Waals surface area contributed by atoms with E-state index in [0.29, 0.717) is 5.56 Å². The summed E-state index contributed by atoms with van der Waals surface area (Å²) in [4.78, 5) is 26.6. The zero-order valence-electron chi connectivity index (χ0n) is 18.4. The van der Waals surface area contributed by atoms with Crippen LogP contribution >= 0.6 is 15.0 Å². The third-order valence-electron chi connectivity index (χ3n) is 4.80. The molecule has 3 rings (SSSR count). The molecule has 2 N–H and O–H groups in total. The number of nitrogens with zero attached hydrogens (tertiary/aromatic N) is 1. The van der Waals surface area contributed by atoms with Crippen molar-refractivity contribution >= 4 is 21.1 Å². The van der Waals surface area contributed by atoms with Crippen LogP contribution in [0, 0.1) is 0 Å². The van der Waals surface area contributed by atoms with Gasteiger partial charge in [0.15, 0.2) is 0 Å². The van der Waals surface area contributed by atoms with Crippen LogP contribution in [-0.2, 0) is 29.3 Å². The molecule has 1 aliphatic heterocycles. The quantitative estimate of drug-likeness (QED) is 0.335. The van der Waals surface area contributed by atoms with Crippen LogP contribution in [0.15, 0.2) is 42.7 Å². The van der Waals surface area contributed by atoms with Gasteiger partial charge in [-0.2, -0.15) is 0 Å². The zero-order chi connectivity index (χ0) is 24.4. The van der Waals surface area contributed by atoms with Crippen LogP contribution in [0.1, 0.15) is 31.3 Å². The molecule has 180 valence electrons. The predicted octanol–water partition coefficient (Wildman–Crippen LogP) is 4.04. The molecule has 1 aromatic carbocycles. The van der Waals surface area contributed by atoms with Crippen LogP contribution in [0.25, 0.3) is 0 Å². The van der Waals surface area contributed by atoms with Gasteiger partial charge in [-0.15, -0.1) is 0 Å². The van der Waals surface area contributed by atoms with Crippen molar-refractivity contribution < 1.29 is 47.2 Å². The molecule has 0 amide bonds. The summed E-state index contributed by atoms with van der Waals surface area (Å²) in [7, 11) is -7.85. The molecule has 4 atom stereocenters. The van der Waals surface area contributed by atoms with Gasteiger partial charge in [0.1, 0.15) is 11.5 Å². The summed E-state index contributed by atoms with van der Waals surface area (Å²) in [5, 5.41) is 8.35. The van der Waals surface area contributed by atoms with Gasteiger partial charge < -0.3 is 24.2 Å². The summed E-state index contributed by atoms with van der Waals surface area (Å²) in [6.07, 6.45) is -0.876. The van der Waals surface area contributed by atoms with E-state index in [1.807, 2.05) is 0 Å². The van der Waals surface area contributed by atoms with E-state index >= 15 is 0 Å². The fourth-order valence-corrected chi connectivity index (χ4v) is 7.42. The number of aliphatic hydroxyl groups is 1. The topological polar surface area (TPSA) is 151 Å². The van der Waals surface area contributed by atoms with Crippen molar-refractivity contribution in [3.63, 3.8) is 0 Å². The van der Waals surface area contributed by atoms with E-state index in [2.05, 4.69) is 4.98 Å². The second-order valence-electron chi connectivity index (χ2n) is 7.64. The van der Waals surface area contributed by atoms with E-state index in [9.17, 15) is 23.9 Å². The highest BCUT2D eigenvalue weighted by molar-refractivity contribution is 7.75. The fourth-order valence-electron chi connectivity index (χ4n) is 3.10. The minimum Gasteiger partial charge on any atom is -0.497 e. The number of methoxy groups -OCH3 is 1. The molecule has 1 aromatic heterocycles. The fraction of sp³-hybridized carbons (Fsp3) is 0.400. The lowest BCUT2D eigenvalue weighted by molar-refractivity contribution is -0.0452. The Bertz CT molecular complexity index is 1080. The second kappa shape index (κ2) is 9.54. The Kier molecular flexibility index (Phi) is 7.33. The number of rotatable bonds is 6. The van der Waals surface area contributed by atoms with Crippen molar-refractivity contribution in [2.24, 2.45) is 0 Å². The Balaban J connectivity index is 1.98. The Labute approximate surface area is 190 Å². The smallest absolute Gasteiger partial charge is 0.497 e. The zero-order valence-corrected chi connectivity index (χ0v) is 20.2. The molecular weight excluding hydrogens is 476 g/mol. The number of pyridine rings is 1. The lowest BCUT2D eigenvalue weighted by atomic mass is 10.2. The summed E-state index contributed by atoms with van der Waals surface area (Å²) in [5.74, 6) is 0.140. The highest BCUT2D eigenvalue weighted by Crippen LogP contribution is 2.79. The van der Waals surface area contributed by atoms with Crippen molar-refractivity contribution in [1.82, 2.24) is 4.98 Å². The van der Waals surface area contributed by atoms with Gasteiger partial charge >= 0.3 is 13.8 Å². The number of carbonyl (C=O) groups is 1. The van der Waals surface area contributed by atoms with Crippen LogP contribution in [0.4, 0.5) is 4.79 Å². The lowest BCUT2D eigenvalue weighted by Crippen LogP contribution is -2.37. The molecule has 2 aromatic rings. The van der Waals surface area contributed by atoms with E-state index in [1.165, 1.54) is 37.7 Å². The molecule has 0 radical (unpaired) electrons. The summed E-state index contributed by atoms with van der Waals surface area (Å²) in [6, 6.07) is 7.24. The monoisotopic (exact) mass is 501 g/mol. The van der Waals surface area contributed by atoms with Crippen LogP contribution in [0.3, 0.4) is 0 Å².